The van der Waals surface area contributed by atoms with Gasteiger partial charge in [0.2, 0.25) is 0 Å². The summed E-state index contributed by atoms with van der Waals surface area (Å²) in [5.41, 5.74) is 1.35. The van der Waals surface area contributed by atoms with E-state index in [2.05, 4.69) is 50.2 Å². The van der Waals surface area contributed by atoms with E-state index in [4.69, 9.17) is 0 Å². The van der Waals surface area contributed by atoms with E-state index >= 15 is 0 Å². The van der Waals surface area contributed by atoms with E-state index in [0.717, 1.165) is 0 Å². The van der Waals surface area contributed by atoms with E-state index < -0.39 is 0 Å². The Morgan fingerprint density at radius 1 is 1.21 bits per heavy atom. The fraction of sp³-hybridized carbons (Fsp3) is 0.286. The van der Waals surface area contributed by atoms with E-state index in [-0.39, 0.29) is 0 Å². The van der Waals surface area contributed by atoms with Crippen molar-refractivity contribution in [3.8, 4) is 0 Å². The quantitative estimate of drug-likeness (QED) is 0.656. The third kappa shape index (κ3) is 1.52. The molecule has 2 aromatic carbocycles. The molecular formula is C14H15. The first-order valence-electron chi connectivity index (χ1n) is 5.22. The van der Waals surface area contributed by atoms with Crippen molar-refractivity contribution < 1.29 is 0 Å². The number of rotatable bonds is 2. The fourth-order valence-electron chi connectivity index (χ4n) is 1.80. The molecule has 2 aromatic rings. The average molecular weight is 183 g/mol. The maximum atomic E-state index is 3.36. The van der Waals surface area contributed by atoms with Crippen LogP contribution in [0.4, 0.5) is 0 Å². The zero-order valence-corrected chi connectivity index (χ0v) is 8.75. The van der Waals surface area contributed by atoms with E-state index in [1.165, 1.54) is 22.8 Å². The predicted octanol–water partition coefficient (Wildman–Crippen LogP) is 4.15. The van der Waals surface area contributed by atoms with Crippen LogP contribution < -0.4 is 0 Å². The first kappa shape index (κ1) is 9.26. The smallest absolute Gasteiger partial charge is 0.0140 e. The van der Waals surface area contributed by atoms with Gasteiger partial charge < -0.3 is 0 Å². The van der Waals surface area contributed by atoms with Crippen LogP contribution in [-0.2, 0) is 0 Å². The molecule has 0 aliphatic heterocycles. The Hall–Kier alpha value is -1.30. The zero-order valence-electron chi connectivity index (χ0n) is 8.75. The molecule has 0 nitrogen and oxygen atoms in total. The fourth-order valence-corrected chi connectivity index (χ4v) is 1.80. The molecule has 0 aliphatic rings. The molecule has 71 valence electrons. The summed E-state index contributed by atoms with van der Waals surface area (Å²) in [6.07, 6.45) is 1.17. The van der Waals surface area contributed by atoms with Crippen molar-refractivity contribution in [1.82, 2.24) is 0 Å². The number of fused-ring (bicyclic) bond motifs is 1. The lowest BCUT2D eigenvalue weighted by Crippen LogP contribution is -1.92. The van der Waals surface area contributed by atoms with Crippen LogP contribution in [0.25, 0.3) is 10.8 Å². The van der Waals surface area contributed by atoms with Gasteiger partial charge in [0.1, 0.15) is 0 Å². The Bertz CT molecular complexity index is 423. The second kappa shape index (κ2) is 3.83. The Labute approximate surface area is 85.6 Å². The molecule has 1 unspecified atom stereocenters. The Morgan fingerprint density at radius 3 is 2.79 bits per heavy atom. The Kier molecular flexibility index (Phi) is 2.53. The molecule has 0 bridgehead atoms. The van der Waals surface area contributed by atoms with Gasteiger partial charge in [-0.3, -0.25) is 0 Å². The van der Waals surface area contributed by atoms with Crippen molar-refractivity contribution in [2.45, 2.75) is 26.2 Å². The van der Waals surface area contributed by atoms with Crippen LogP contribution in [0.5, 0.6) is 0 Å². The molecule has 0 heterocycles. The minimum Gasteiger partial charge on any atom is -0.0648 e. The SMILES string of the molecule is CCC(C)c1[c]ccc2ccccc12. The van der Waals surface area contributed by atoms with Crippen molar-refractivity contribution in [2.24, 2.45) is 0 Å². The lowest BCUT2D eigenvalue weighted by molar-refractivity contribution is 0.738. The summed E-state index contributed by atoms with van der Waals surface area (Å²) >= 11 is 0. The summed E-state index contributed by atoms with van der Waals surface area (Å²) in [5, 5.41) is 2.67. The molecule has 1 atom stereocenters. The van der Waals surface area contributed by atoms with Gasteiger partial charge in [-0.15, -0.1) is 0 Å². The van der Waals surface area contributed by atoms with Gasteiger partial charge in [-0.05, 0) is 34.7 Å². The van der Waals surface area contributed by atoms with Crippen LogP contribution in [0, 0.1) is 6.07 Å². The number of benzene rings is 2. The molecule has 0 heteroatoms. The predicted molar refractivity (Wildman–Crippen MR) is 61.5 cm³/mol. The Morgan fingerprint density at radius 2 is 2.00 bits per heavy atom. The molecule has 0 fully saturated rings. The molecule has 0 aliphatic carbocycles. The topological polar surface area (TPSA) is 0 Å². The van der Waals surface area contributed by atoms with Crippen LogP contribution in [0.2, 0.25) is 0 Å². The van der Waals surface area contributed by atoms with Crippen molar-refractivity contribution in [1.29, 1.82) is 0 Å². The minimum absolute atomic E-state index is 0.598. The molecule has 2 rings (SSSR count). The standard InChI is InChI=1S/C14H15/c1-3-11(2)13-10-6-8-12-7-4-5-9-14(12)13/h4-9,11H,3H2,1-2H3. The molecule has 0 aromatic heterocycles. The van der Waals surface area contributed by atoms with E-state index in [0.29, 0.717) is 5.92 Å². The highest BCUT2D eigenvalue weighted by Crippen LogP contribution is 2.26. The van der Waals surface area contributed by atoms with Crippen LogP contribution in [0.1, 0.15) is 31.7 Å². The lowest BCUT2D eigenvalue weighted by Gasteiger charge is -2.11. The maximum Gasteiger partial charge on any atom is -0.0140 e. The number of hydrogen-bond acceptors (Lipinski definition) is 0. The molecule has 1 radical (unpaired) electrons. The first-order valence-corrected chi connectivity index (χ1v) is 5.22. The molecule has 0 spiro atoms. The zero-order chi connectivity index (χ0) is 9.97. The van der Waals surface area contributed by atoms with Crippen molar-refractivity contribution in [3.05, 3.63) is 48.0 Å². The number of hydrogen-bond donors (Lipinski definition) is 0. The van der Waals surface area contributed by atoms with E-state index in [1.807, 2.05) is 6.07 Å². The highest BCUT2D eigenvalue weighted by Gasteiger charge is 2.06. The highest BCUT2D eigenvalue weighted by atomic mass is 14.1. The molecule has 0 N–H and O–H groups in total. The average Bonchev–Trinajstić information content (AvgIpc) is 2.27. The minimum atomic E-state index is 0.598. The monoisotopic (exact) mass is 183 g/mol. The van der Waals surface area contributed by atoms with Crippen molar-refractivity contribution in [2.75, 3.05) is 0 Å². The van der Waals surface area contributed by atoms with Gasteiger partial charge in [0.05, 0.1) is 0 Å². The summed E-state index contributed by atoms with van der Waals surface area (Å²) in [5.74, 6) is 0.598. The molecular weight excluding hydrogens is 168 g/mol. The van der Waals surface area contributed by atoms with Crippen LogP contribution in [0.3, 0.4) is 0 Å². The summed E-state index contributed by atoms with van der Waals surface area (Å²) in [6.45, 7) is 4.48. The second-order valence-corrected chi connectivity index (χ2v) is 3.79. The Balaban J connectivity index is 2.65. The van der Waals surface area contributed by atoms with Gasteiger partial charge >= 0.3 is 0 Å². The normalized spacial score (nSPS) is 13.0. The van der Waals surface area contributed by atoms with E-state index in [9.17, 15) is 0 Å². The molecule has 0 saturated carbocycles. The molecule has 0 saturated heterocycles. The molecule has 14 heavy (non-hydrogen) atoms. The van der Waals surface area contributed by atoms with Gasteiger partial charge in [0, 0.05) is 0 Å². The molecule has 0 amide bonds. The summed E-state index contributed by atoms with van der Waals surface area (Å²) < 4.78 is 0. The lowest BCUT2D eigenvalue weighted by atomic mass is 9.93. The highest BCUT2D eigenvalue weighted by molar-refractivity contribution is 5.85. The summed E-state index contributed by atoms with van der Waals surface area (Å²) in [4.78, 5) is 0. The van der Waals surface area contributed by atoms with Crippen molar-refractivity contribution in [3.63, 3.8) is 0 Å². The van der Waals surface area contributed by atoms with Gasteiger partial charge in [0.15, 0.2) is 0 Å². The van der Waals surface area contributed by atoms with Crippen LogP contribution in [-0.4, -0.2) is 0 Å². The largest absolute Gasteiger partial charge is 0.0648 e. The van der Waals surface area contributed by atoms with Crippen molar-refractivity contribution >= 4 is 10.8 Å². The van der Waals surface area contributed by atoms with Gasteiger partial charge in [-0.1, -0.05) is 50.2 Å². The van der Waals surface area contributed by atoms with Gasteiger partial charge in [-0.25, -0.2) is 0 Å². The van der Waals surface area contributed by atoms with Crippen LogP contribution in [0.15, 0.2) is 36.4 Å². The summed E-state index contributed by atoms with van der Waals surface area (Å²) in [7, 11) is 0. The summed E-state index contributed by atoms with van der Waals surface area (Å²) in [6, 6.07) is 16.1. The van der Waals surface area contributed by atoms with Gasteiger partial charge in [0.25, 0.3) is 0 Å². The first-order chi connectivity index (χ1) is 6.83. The maximum absolute atomic E-state index is 3.36. The second-order valence-electron chi connectivity index (χ2n) is 3.79. The van der Waals surface area contributed by atoms with Crippen LogP contribution >= 0.6 is 0 Å². The van der Waals surface area contributed by atoms with E-state index in [1.54, 1.807) is 0 Å². The third-order valence-corrected chi connectivity index (χ3v) is 2.86. The van der Waals surface area contributed by atoms with Gasteiger partial charge in [-0.2, -0.15) is 0 Å². The third-order valence-electron chi connectivity index (χ3n) is 2.86.